The van der Waals surface area contributed by atoms with Crippen molar-refractivity contribution < 1.29 is 0 Å². The van der Waals surface area contributed by atoms with Crippen LogP contribution in [0.3, 0.4) is 0 Å². The van der Waals surface area contributed by atoms with Gasteiger partial charge in [-0.2, -0.15) is 0 Å². The van der Waals surface area contributed by atoms with Crippen LogP contribution in [0.1, 0.15) is 81.4 Å². The number of rotatable bonds is 8. The fourth-order valence-electron chi connectivity index (χ4n) is 5.55. The predicted molar refractivity (Wildman–Crippen MR) is 128 cm³/mol. The first-order chi connectivity index (χ1) is 14.8. The summed E-state index contributed by atoms with van der Waals surface area (Å²) in [5.74, 6) is 0.483. The third kappa shape index (κ3) is 5.68. The summed E-state index contributed by atoms with van der Waals surface area (Å²) in [6.07, 6.45) is 19.3. The summed E-state index contributed by atoms with van der Waals surface area (Å²) in [6, 6.07) is 12.8. The number of hydrogen-bond donors (Lipinski definition) is 0. The van der Waals surface area contributed by atoms with E-state index in [1.165, 1.54) is 75.6 Å². The molecule has 30 heavy (non-hydrogen) atoms. The third-order valence-electron chi connectivity index (χ3n) is 7.09. The fraction of sp³-hybridized carbons (Fsp3) is 0.615. The molecular formula is C26H38N3P. The number of nitrogens with zero attached hydrogens (tertiary/aromatic N) is 3. The minimum atomic E-state index is -0.114. The van der Waals surface area contributed by atoms with Crippen molar-refractivity contribution in [1.82, 2.24) is 14.9 Å². The van der Waals surface area contributed by atoms with Gasteiger partial charge in [-0.3, -0.25) is 14.9 Å². The Morgan fingerprint density at radius 1 is 0.833 bits per heavy atom. The Balaban J connectivity index is 1.60. The Kier molecular flexibility index (Phi) is 8.29. The lowest BCUT2D eigenvalue weighted by atomic mass is 9.99. The molecule has 2 aromatic heterocycles. The normalized spacial score (nSPS) is 20.0. The van der Waals surface area contributed by atoms with Crippen molar-refractivity contribution in [2.45, 2.75) is 87.7 Å². The minimum absolute atomic E-state index is 0.114. The second-order valence-electron chi connectivity index (χ2n) is 9.21. The van der Waals surface area contributed by atoms with Crippen LogP contribution in [-0.2, 0) is 6.42 Å². The van der Waals surface area contributed by atoms with Crippen molar-refractivity contribution in [2.24, 2.45) is 0 Å². The van der Waals surface area contributed by atoms with E-state index in [0.717, 1.165) is 24.3 Å². The molecule has 0 amide bonds. The van der Waals surface area contributed by atoms with E-state index in [9.17, 15) is 0 Å². The molecule has 0 bridgehead atoms. The van der Waals surface area contributed by atoms with Gasteiger partial charge in [0.05, 0.1) is 11.5 Å². The SMILES string of the molecule is CN(CCc1ccccn1)C(c1ccccn1)P(C1CCCCC1)C1CCCCC1. The summed E-state index contributed by atoms with van der Waals surface area (Å²) in [6.45, 7) is 1.05. The Bertz CT molecular complexity index is 708. The molecule has 0 radical (unpaired) electrons. The second kappa shape index (κ2) is 11.3. The lowest BCUT2D eigenvalue weighted by Crippen LogP contribution is -2.33. The lowest BCUT2D eigenvalue weighted by Gasteiger charge is -2.45. The van der Waals surface area contributed by atoms with E-state index in [1.54, 1.807) is 0 Å². The first-order valence-electron chi connectivity index (χ1n) is 12.1. The molecule has 4 heteroatoms. The van der Waals surface area contributed by atoms with Crippen molar-refractivity contribution in [3.63, 3.8) is 0 Å². The summed E-state index contributed by atoms with van der Waals surface area (Å²) in [5, 5.41) is 0. The van der Waals surface area contributed by atoms with Gasteiger partial charge in [-0.25, -0.2) is 0 Å². The highest BCUT2D eigenvalue weighted by Crippen LogP contribution is 2.64. The van der Waals surface area contributed by atoms with Crippen LogP contribution in [0.2, 0.25) is 0 Å². The first kappa shape index (κ1) is 21.9. The zero-order valence-corrected chi connectivity index (χ0v) is 19.5. The standard InChI is InChI=1S/C26H38N3P/c1-29(21-18-22-12-8-10-19-27-22)26(25-17-9-11-20-28-25)30(23-13-4-2-5-14-23)24-15-6-3-7-16-24/h8-12,17,19-20,23-24,26H,2-7,13-16,18,21H2,1H3. The molecule has 2 aliphatic rings. The molecule has 1 unspecified atom stereocenters. The van der Waals surface area contributed by atoms with Gasteiger partial charge < -0.3 is 0 Å². The maximum atomic E-state index is 4.92. The van der Waals surface area contributed by atoms with Gasteiger partial charge in [0.15, 0.2) is 0 Å². The summed E-state index contributed by atoms with van der Waals surface area (Å²) in [5.41, 5.74) is 4.34. The zero-order valence-electron chi connectivity index (χ0n) is 18.6. The first-order valence-corrected chi connectivity index (χ1v) is 13.7. The minimum Gasteiger partial charge on any atom is -0.294 e. The van der Waals surface area contributed by atoms with Gasteiger partial charge >= 0.3 is 0 Å². The van der Waals surface area contributed by atoms with Gasteiger partial charge in [-0.05, 0) is 68.3 Å². The summed E-state index contributed by atoms with van der Waals surface area (Å²) >= 11 is 0. The maximum absolute atomic E-state index is 4.92. The van der Waals surface area contributed by atoms with Crippen LogP contribution in [0.5, 0.6) is 0 Å². The van der Waals surface area contributed by atoms with Crippen molar-refractivity contribution in [3.05, 3.63) is 60.2 Å². The van der Waals surface area contributed by atoms with Gasteiger partial charge in [-0.1, -0.05) is 58.6 Å². The molecule has 2 aromatic rings. The fourth-order valence-corrected chi connectivity index (χ4v) is 9.90. The van der Waals surface area contributed by atoms with Crippen LogP contribution in [0, 0.1) is 0 Å². The molecular weight excluding hydrogens is 385 g/mol. The second-order valence-corrected chi connectivity index (χ2v) is 12.1. The molecule has 0 spiro atoms. The molecule has 0 saturated heterocycles. The maximum Gasteiger partial charge on any atom is 0.0723 e. The summed E-state index contributed by atoms with van der Waals surface area (Å²) in [4.78, 5) is 12.1. The van der Waals surface area contributed by atoms with Crippen LogP contribution < -0.4 is 0 Å². The lowest BCUT2D eigenvalue weighted by molar-refractivity contribution is 0.305. The summed E-state index contributed by atoms with van der Waals surface area (Å²) in [7, 11) is 2.24. The average molecular weight is 424 g/mol. The molecule has 2 saturated carbocycles. The largest absolute Gasteiger partial charge is 0.294 e. The quantitative estimate of drug-likeness (QED) is 0.437. The Labute approximate surface area is 184 Å². The third-order valence-corrected chi connectivity index (χ3v) is 11.0. The van der Waals surface area contributed by atoms with E-state index >= 15 is 0 Å². The molecule has 2 fully saturated rings. The van der Waals surface area contributed by atoms with Crippen LogP contribution >= 0.6 is 7.92 Å². The molecule has 0 aliphatic heterocycles. The van der Waals surface area contributed by atoms with E-state index in [2.05, 4.69) is 47.3 Å². The Hall–Kier alpha value is -1.31. The van der Waals surface area contributed by atoms with Crippen molar-refractivity contribution >= 4 is 7.92 Å². The number of likely N-dealkylation sites (N-methyl/N-ethyl adjacent to an activating group) is 1. The van der Waals surface area contributed by atoms with Crippen LogP contribution in [0.4, 0.5) is 0 Å². The zero-order chi connectivity index (χ0) is 20.6. The van der Waals surface area contributed by atoms with Gasteiger partial charge in [0.2, 0.25) is 0 Å². The van der Waals surface area contributed by atoms with Gasteiger partial charge in [0.25, 0.3) is 0 Å². The molecule has 2 heterocycles. The number of pyridine rings is 2. The van der Waals surface area contributed by atoms with E-state index in [0.29, 0.717) is 5.78 Å². The van der Waals surface area contributed by atoms with Gasteiger partial charge in [0, 0.05) is 31.1 Å². The monoisotopic (exact) mass is 423 g/mol. The van der Waals surface area contributed by atoms with Crippen molar-refractivity contribution in [2.75, 3.05) is 13.6 Å². The Morgan fingerprint density at radius 2 is 1.43 bits per heavy atom. The Morgan fingerprint density at radius 3 is 1.97 bits per heavy atom. The van der Waals surface area contributed by atoms with E-state index in [-0.39, 0.29) is 7.92 Å². The van der Waals surface area contributed by atoms with E-state index in [1.807, 2.05) is 18.5 Å². The van der Waals surface area contributed by atoms with Crippen LogP contribution in [0.15, 0.2) is 48.8 Å². The number of aromatic nitrogens is 2. The molecule has 1 atom stereocenters. The highest BCUT2D eigenvalue weighted by molar-refractivity contribution is 7.59. The molecule has 0 N–H and O–H groups in total. The summed E-state index contributed by atoms with van der Waals surface area (Å²) < 4.78 is 0. The van der Waals surface area contributed by atoms with Gasteiger partial charge in [0.1, 0.15) is 0 Å². The molecule has 2 aliphatic carbocycles. The average Bonchev–Trinajstić information content (AvgIpc) is 2.83. The van der Waals surface area contributed by atoms with Crippen molar-refractivity contribution in [1.29, 1.82) is 0 Å². The molecule has 162 valence electrons. The van der Waals surface area contributed by atoms with E-state index < -0.39 is 0 Å². The topological polar surface area (TPSA) is 29.0 Å². The number of hydrogen-bond acceptors (Lipinski definition) is 3. The van der Waals surface area contributed by atoms with Crippen LogP contribution in [-0.4, -0.2) is 39.8 Å². The molecule has 3 nitrogen and oxygen atoms in total. The molecule has 0 aromatic carbocycles. The van der Waals surface area contributed by atoms with Gasteiger partial charge in [-0.15, -0.1) is 0 Å². The predicted octanol–water partition coefficient (Wildman–Crippen LogP) is 6.80. The van der Waals surface area contributed by atoms with Crippen molar-refractivity contribution in [3.8, 4) is 0 Å². The smallest absolute Gasteiger partial charge is 0.0723 e. The molecule has 4 rings (SSSR count). The van der Waals surface area contributed by atoms with Crippen LogP contribution in [0.25, 0.3) is 0 Å². The highest BCUT2D eigenvalue weighted by Gasteiger charge is 2.39. The van der Waals surface area contributed by atoms with E-state index in [4.69, 9.17) is 4.98 Å². The highest BCUT2D eigenvalue weighted by atomic mass is 31.1.